The second-order valence-electron chi connectivity index (χ2n) is 4.48. The summed E-state index contributed by atoms with van der Waals surface area (Å²) < 4.78 is 15.7. The highest BCUT2D eigenvalue weighted by molar-refractivity contribution is 6.43. The van der Waals surface area contributed by atoms with Gasteiger partial charge in [-0.15, -0.1) is 0 Å². The Bertz CT molecular complexity index is 711. The average Bonchev–Trinajstić information content (AvgIpc) is 2.52. The summed E-state index contributed by atoms with van der Waals surface area (Å²) in [4.78, 5) is 12.9. The summed E-state index contributed by atoms with van der Waals surface area (Å²) in [5, 5.41) is 0.630. The summed E-state index contributed by atoms with van der Waals surface area (Å²) in [7, 11) is 4.38. The second-order valence-corrected chi connectivity index (χ2v) is 5.73. The van der Waals surface area contributed by atoms with E-state index >= 15 is 0 Å². The van der Waals surface area contributed by atoms with E-state index in [4.69, 9.17) is 49.0 Å². The minimum atomic E-state index is -0.437. The van der Waals surface area contributed by atoms with Crippen LogP contribution in [0.5, 0.6) is 17.2 Å². The van der Waals surface area contributed by atoms with E-state index in [-0.39, 0.29) is 32.7 Å². The maximum atomic E-state index is 12.9. The van der Waals surface area contributed by atoms with E-state index in [1.54, 1.807) is 12.1 Å². The Morgan fingerprint density at radius 3 is 1.65 bits per heavy atom. The van der Waals surface area contributed by atoms with Gasteiger partial charge in [-0.2, -0.15) is 0 Å². The molecule has 0 aliphatic rings. The molecule has 0 amide bonds. The van der Waals surface area contributed by atoms with E-state index in [9.17, 15) is 4.79 Å². The molecule has 0 unspecified atom stereocenters. The summed E-state index contributed by atoms with van der Waals surface area (Å²) in [5.74, 6) is 0.623. The molecule has 0 radical (unpaired) electrons. The third kappa shape index (κ3) is 3.50. The maximum Gasteiger partial charge on any atom is 0.203 e. The molecule has 0 fully saturated rings. The zero-order valence-electron chi connectivity index (χ0n) is 12.6. The number of hydrogen-bond acceptors (Lipinski definition) is 4. The van der Waals surface area contributed by atoms with Crippen molar-refractivity contribution >= 4 is 40.6 Å². The molecule has 0 saturated carbocycles. The van der Waals surface area contributed by atoms with E-state index in [1.165, 1.54) is 33.5 Å². The van der Waals surface area contributed by atoms with Gasteiger partial charge in [0, 0.05) is 17.2 Å². The molecule has 0 saturated heterocycles. The molecular formula is C16H13Cl3O4. The van der Waals surface area contributed by atoms with Crippen LogP contribution in [-0.2, 0) is 0 Å². The first kappa shape index (κ1) is 17.7. The summed E-state index contributed by atoms with van der Waals surface area (Å²) in [6.45, 7) is 0. The van der Waals surface area contributed by atoms with Crippen molar-refractivity contribution in [3.8, 4) is 17.2 Å². The molecule has 0 aromatic heterocycles. The third-order valence-electron chi connectivity index (χ3n) is 3.18. The molecule has 0 aliphatic heterocycles. The zero-order chi connectivity index (χ0) is 17.1. The molecule has 0 heterocycles. The number of rotatable bonds is 5. The number of carbonyl (C=O) groups is 1. The van der Waals surface area contributed by atoms with Gasteiger partial charge in [-0.05, 0) is 12.1 Å². The van der Waals surface area contributed by atoms with Crippen LogP contribution >= 0.6 is 34.8 Å². The first-order valence-electron chi connectivity index (χ1n) is 6.42. The molecule has 0 aliphatic carbocycles. The molecule has 0 bridgehead atoms. The molecular weight excluding hydrogens is 363 g/mol. The normalized spacial score (nSPS) is 10.3. The lowest BCUT2D eigenvalue weighted by atomic mass is 10.0. The van der Waals surface area contributed by atoms with Crippen molar-refractivity contribution in [2.75, 3.05) is 21.3 Å². The van der Waals surface area contributed by atoms with Gasteiger partial charge in [0.25, 0.3) is 0 Å². The number of methoxy groups -OCH3 is 3. The molecule has 2 aromatic carbocycles. The van der Waals surface area contributed by atoms with Gasteiger partial charge >= 0.3 is 0 Å². The minimum Gasteiger partial charge on any atom is -0.496 e. The van der Waals surface area contributed by atoms with Crippen LogP contribution in [0.1, 0.15) is 15.9 Å². The lowest BCUT2D eigenvalue weighted by Gasteiger charge is -2.15. The topological polar surface area (TPSA) is 44.8 Å². The molecule has 2 aromatic rings. The fourth-order valence-corrected chi connectivity index (χ4v) is 3.10. The van der Waals surface area contributed by atoms with Crippen molar-refractivity contribution in [2.24, 2.45) is 0 Å². The standard InChI is InChI=1S/C16H13Cl3O4/c1-21-9-6-12(22-2)15(13(7-9)23-3)16(20)14-10(18)4-8(17)5-11(14)19/h4-7H,1-3H3. The summed E-state index contributed by atoms with van der Waals surface area (Å²) in [6, 6.07) is 6.05. The number of ether oxygens (including phenoxy) is 3. The van der Waals surface area contributed by atoms with Gasteiger partial charge in [-0.3, -0.25) is 4.79 Å². The summed E-state index contributed by atoms with van der Waals surface area (Å²) in [6.07, 6.45) is 0. The highest BCUT2D eigenvalue weighted by Gasteiger charge is 2.25. The molecule has 7 heteroatoms. The molecule has 0 atom stereocenters. The number of halogens is 3. The Hall–Kier alpha value is -1.62. The number of benzene rings is 2. The van der Waals surface area contributed by atoms with Crippen molar-refractivity contribution < 1.29 is 19.0 Å². The van der Waals surface area contributed by atoms with Gasteiger partial charge < -0.3 is 14.2 Å². The fourth-order valence-electron chi connectivity index (χ4n) is 2.11. The predicted molar refractivity (Wildman–Crippen MR) is 91.0 cm³/mol. The van der Waals surface area contributed by atoms with Crippen LogP contribution < -0.4 is 14.2 Å². The summed E-state index contributed by atoms with van der Waals surface area (Å²) >= 11 is 18.1. The van der Waals surface area contributed by atoms with E-state index in [0.29, 0.717) is 10.8 Å². The third-order valence-corrected chi connectivity index (χ3v) is 3.99. The molecule has 122 valence electrons. The van der Waals surface area contributed by atoms with Crippen molar-refractivity contribution in [3.63, 3.8) is 0 Å². The van der Waals surface area contributed by atoms with E-state index in [0.717, 1.165) is 0 Å². The molecule has 2 rings (SSSR count). The van der Waals surface area contributed by atoms with Crippen molar-refractivity contribution in [2.45, 2.75) is 0 Å². The highest BCUT2D eigenvalue weighted by Crippen LogP contribution is 2.39. The van der Waals surface area contributed by atoms with Crippen LogP contribution in [-0.4, -0.2) is 27.1 Å². The van der Waals surface area contributed by atoms with Crippen LogP contribution in [0.25, 0.3) is 0 Å². The van der Waals surface area contributed by atoms with E-state index in [1.807, 2.05) is 0 Å². The van der Waals surface area contributed by atoms with Crippen molar-refractivity contribution in [3.05, 3.63) is 50.5 Å². The van der Waals surface area contributed by atoms with Crippen LogP contribution in [0, 0.1) is 0 Å². The Morgan fingerprint density at radius 2 is 1.26 bits per heavy atom. The molecule has 0 spiro atoms. The Labute approximate surface area is 148 Å². The lowest BCUT2D eigenvalue weighted by Crippen LogP contribution is -2.08. The summed E-state index contributed by atoms with van der Waals surface area (Å²) in [5.41, 5.74) is 0.321. The Balaban J connectivity index is 2.69. The smallest absolute Gasteiger partial charge is 0.203 e. The van der Waals surface area contributed by atoms with E-state index < -0.39 is 5.78 Å². The van der Waals surface area contributed by atoms with Crippen molar-refractivity contribution in [1.82, 2.24) is 0 Å². The number of ketones is 1. The first-order chi connectivity index (χ1) is 10.9. The van der Waals surface area contributed by atoms with Crippen molar-refractivity contribution in [1.29, 1.82) is 0 Å². The Kier molecular flexibility index (Phi) is 5.63. The average molecular weight is 376 g/mol. The first-order valence-corrected chi connectivity index (χ1v) is 7.55. The highest BCUT2D eigenvalue weighted by atomic mass is 35.5. The maximum absolute atomic E-state index is 12.9. The molecule has 23 heavy (non-hydrogen) atoms. The quantitative estimate of drug-likeness (QED) is 0.697. The van der Waals surface area contributed by atoms with Gasteiger partial charge in [0.05, 0.1) is 36.9 Å². The second kappa shape index (κ2) is 7.30. The fraction of sp³-hybridized carbons (Fsp3) is 0.188. The van der Waals surface area contributed by atoms with Gasteiger partial charge in [-0.1, -0.05) is 34.8 Å². The van der Waals surface area contributed by atoms with Gasteiger partial charge in [0.2, 0.25) is 5.78 Å². The monoisotopic (exact) mass is 374 g/mol. The Morgan fingerprint density at radius 1 is 0.783 bits per heavy atom. The minimum absolute atomic E-state index is 0.125. The van der Waals surface area contributed by atoms with Gasteiger partial charge in [0.15, 0.2) is 0 Å². The lowest BCUT2D eigenvalue weighted by molar-refractivity contribution is 0.103. The van der Waals surface area contributed by atoms with Crippen LogP contribution in [0.3, 0.4) is 0 Å². The largest absolute Gasteiger partial charge is 0.496 e. The van der Waals surface area contributed by atoms with Crippen LogP contribution in [0.4, 0.5) is 0 Å². The zero-order valence-corrected chi connectivity index (χ0v) is 14.8. The SMILES string of the molecule is COc1cc(OC)c(C(=O)c2c(Cl)cc(Cl)cc2Cl)c(OC)c1. The van der Waals surface area contributed by atoms with Crippen LogP contribution in [0.2, 0.25) is 15.1 Å². The van der Waals surface area contributed by atoms with Gasteiger partial charge in [-0.25, -0.2) is 0 Å². The van der Waals surface area contributed by atoms with E-state index in [2.05, 4.69) is 0 Å². The van der Waals surface area contributed by atoms with Gasteiger partial charge in [0.1, 0.15) is 22.8 Å². The molecule has 4 nitrogen and oxygen atoms in total. The van der Waals surface area contributed by atoms with Crippen LogP contribution in [0.15, 0.2) is 24.3 Å². The number of carbonyl (C=O) groups excluding carboxylic acids is 1. The number of hydrogen-bond donors (Lipinski definition) is 0. The predicted octanol–water partition coefficient (Wildman–Crippen LogP) is 4.90. The molecule has 0 N–H and O–H groups in total.